The van der Waals surface area contributed by atoms with Crippen molar-refractivity contribution < 1.29 is 4.79 Å². The maximum atomic E-state index is 12.5. The molecule has 2 N–H and O–H groups in total. The van der Waals surface area contributed by atoms with E-state index in [0.717, 1.165) is 23.2 Å². The molecule has 0 saturated carbocycles. The summed E-state index contributed by atoms with van der Waals surface area (Å²) < 4.78 is 0. The number of nitrogens with one attached hydrogen (secondary N) is 2. The first kappa shape index (κ1) is 16.1. The van der Waals surface area contributed by atoms with Gasteiger partial charge in [-0.2, -0.15) is 0 Å². The van der Waals surface area contributed by atoms with E-state index >= 15 is 0 Å². The van der Waals surface area contributed by atoms with Gasteiger partial charge in [0, 0.05) is 11.4 Å². The zero-order chi connectivity index (χ0) is 16.9. The van der Waals surface area contributed by atoms with Gasteiger partial charge >= 0.3 is 0 Å². The van der Waals surface area contributed by atoms with Crippen molar-refractivity contribution in [3.05, 3.63) is 72.3 Å². The lowest BCUT2D eigenvalue weighted by atomic mass is 10.1. The van der Waals surface area contributed by atoms with Crippen LogP contribution >= 0.6 is 0 Å². The minimum atomic E-state index is -0.316. The van der Waals surface area contributed by atoms with Crippen LogP contribution in [0.5, 0.6) is 0 Å². The molecule has 0 radical (unpaired) electrons. The molecule has 0 fully saturated rings. The lowest BCUT2D eigenvalue weighted by Crippen LogP contribution is -2.32. The van der Waals surface area contributed by atoms with Crippen LogP contribution in [0.15, 0.2) is 66.7 Å². The van der Waals surface area contributed by atoms with Crippen LogP contribution in [0.3, 0.4) is 0 Å². The van der Waals surface area contributed by atoms with Gasteiger partial charge in [-0.15, -0.1) is 0 Å². The molecule has 3 nitrogen and oxygen atoms in total. The van der Waals surface area contributed by atoms with Crippen molar-refractivity contribution in [1.82, 2.24) is 0 Å². The van der Waals surface area contributed by atoms with Gasteiger partial charge in [-0.05, 0) is 47.9 Å². The predicted octanol–water partition coefficient (Wildman–Crippen LogP) is 4.84. The van der Waals surface area contributed by atoms with Gasteiger partial charge in [0.15, 0.2) is 0 Å². The van der Waals surface area contributed by atoms with Crippen molar-refractivity contribution in [3.8, 4) is 0 Å². The van der Waals surface area contributed by atoms with Crippen molar-refractivity contribution >= 4 is 28.1 Å². The number of carbonyl (C=O) groups is 1. The summed E-state index contributed by atoms with van der Waals surface area (Å²) >= 11 is 0. The molecule has 3 rings (SSSR count). The van der Waals surface area contributed by atoms with Crippen LogP contribution in [0.1, 0.15) is 19.4 Å². The maximum absolute atomic E-state index is 12.5. The number of para-hydroxylation sites is 1. The van der Waals surface area contributed by atoms with Crippen LogP contribution in [-0.2, 0) is 11.2 Å². The van der Waals surface area contributed by atoms with Crippen molar-refractivity contribution in [1.29, 1.82) is 0 Å². The van der Waals surface area contributed by atoms with Crippen LogP contribution in [-0.4, -0.2) is 11.9 Å². The number of amides is 1. The van der Waals surface area contributed by atoms with Gasteiger partial charge in [-0.3, -0.25) is 4.79 Å². The SMILES string of the molecule is CCc1ccccc1N[C@H](C)C(=O)Nc1ccc2ccccc2c1. The second-order valence-corrected chi connectivity index (χ2v) is 5.93. The molecule has 3 aromatic carbocycles. The summed E-state index contributed by atoms with van der Waals surface area (Å²) in [5, 5.41) is 8.58. The van der Waals surface area contributed by atoms with Gasteiger partial charge in [-0.1, -0.05) is 55.5 Å². The Balaban J connectivity index is 1.71. The Morgan fingerprint density at radius 1 is 0.958 bits per heavy atom. The Morgan fingerprint density at radius 2 is 1.67 bits per heavy atom. The average molecular weight is 318 g/mol. The number of benzene rings is 3. The van der Waals surface area contributed by atoms with Crippen LogP contribution in [0.2, 0.25) is 0 Å². The third-order valence-corrected chi connectivity index (χ3v) is 4.18. The Labute approximate surface area is 142 Å². The predicted molar refractivity (Wildman–Crippen MR) is 101 cm³/mol. The standard InChI is InChI=1S/C21H22N2O/c1-3-16-8-6-7-11-20(16)22-15(2)21(24)23-19-13-12-17-9-4-5-10-18(17)14-19/h4-15,22H,3H2,1-2H3,(H,23,24)/t15-/m1/s1. The monoisotopic (exact) mass is 318 g/mol. The molecule has 0 heterocycles. The second-order valence-electron chi connectivity index (χ2n) is 5.93. The summed E-state index contributed by atoms with van der Waals surface area (Å²) in [6, 6.07) is 21.9. The number of hydrogen-bond donors (Lipinski definition) is 2. The zero-order valence-corrected chi connectivity index (χ0v) is 14.0. The van der Waals surface area contributed by atoms with Crippen LogP contribution in [0.4, 0.5) is 11.4 Å². The summed E-state index contributed by atoms with van der Waals surface area (Å²) in [6.07, 6.45) is 0.933. The van der Waals surface area contributed by atoms with Crippen molar-refractivity contribution in [2.24, 2.45) is 0 Å². The van der Waals surface area contributed by atoms with Crippen LogP contribution in [0, 0.1) is 0 Å². The van der Waals surface area contributed by atoms with Crippen molar-refractivity contribution in [3.63, 3.8) is 0 Å². The molecule has 0 aromatic heterocycles. The lowest BCUT2D eigenvalue weighted by molar-refractivity contribution is -0.116. The summed E-state index contributed by atoms with van der Waals surface area (Å²) in [7, 11) is 0. The first-order chi connectivity index (χ1) is 11.7. The molecule has 1 atom stereocenters. The number of anilines is 2. The minimum absolute atomic E-state index is 0.0452. The third kappa shape index (κ3) is 3.57. The smallest absolute Gasteiger partial charge is 0.246 e. The molecule has 122 valence electrons. The molecular weight excluding hydrogens is 296 g/mol. The fraction of sp³-hybridized carbons (Fsp3) is 0.190. The largest absolute Gasteiger partial charge is 0.374 e. The molecule has 3 heteroatoms. The second kappa shape index (κ2) is 7.18. The molecule has 1 amide bonds. The fourth-order valence-electron chi connectivity index (χ4n) is 2.79. The first-order valence-corrected chi connectivity index (χ1v) is 8.31. The van der Waals surface area contributed by atoms with Crippen LogP contribution < -0.4 is 10.6 Å². The molecule has 0 unspecified atom stereocenters. The topological polar surface area (TPSA) is 41.1 Å². The minimum Gasteiger partial charge on any atom is -0.374 e. The fourth-order valence-corrected chi connectivity index (χ4v) is 2.79. The Kier molecular flexibility index (Phi) is 4.80. The van der Waals surface area contributed by atoms with E-state index in [0.29, 0.717) is 0 Å². The van der Waals surface area contributed by atoms with Crippen molar-refractivity contribution in [2.45, 2.75) is 26.3 Å². The van der Waals surface area contributed by atoms with Gasteiger partial charge in [0.05, 0.1) is 0 Å². The normalized spacial score (nSPS) is 11.9. The average Bonchev–Trinajstić information content (AvgIpc) is 2.62. The molecule has 0 saturated heterocycles. The summed E-state index contributed by atoms with van der Waals surface area (Å²) in [4.78, 5) is 12.5. The Morgan fingerprint density at radius 3 is 2.46 bits per heavy atom. The van der Waals surface area contributed by atoms with E-state index < -0.39 is 0 Å². The van der Waals surface area contributed by atoms with Gasteiger partial charge in [0.1, 0.15) is 6.04 Å². The third-order valence-electron chi connectivity index (χ3n) is 4.18. The number of aryl methyl sites for hydroxylation is 1. The van der Waals surface area contributed by atoms with Crippen molar-refractivity contribution in [2.75, 3.05) is 10.6 Å². The van der Waals surface area contributed by atoms with E-state index in [-0.39, 0.29) is 11.9 Å². The summed E-state index contributed by atoms with van der Waals surface area (Å²) in [5.74, 6) is -0.0452. The van der Waals surface area contributed by atoms with E-state index in [9.17, 15) is 4.79 Å². The first-order valence-electron chi connectivity index (χ1n) is 8.31. The zero-order valence-electron chi connectivity index (χ0n) is 14.0. The van der Waals surface area contributed by atoms with E-state index in [2.05, 4.69) is 29.7 Å². The van der Waals surface area contributed by atoms with Gasteiger partial charge in [-0.25, -0.2) is 0 Å². The molecule has 0 aliphatic heterocycles. The highest BCUT2D eigenvalue weighted by Gasteiger charge is 2.14. The molecular formula is C21H22N2O. The molecule has 3 aromatic rings. The molecule has 0 aliphatic rings. The highest BCUT2D eigenvalue weighted by Crippen LogP contribution is 2.20. The summed E-state index contributed by atoms with van der Waals surface area (Å²) in [5.41, 5.74) is 3.04. The van der Waals surface area contributed by atoms with Gasteiger partial charge in [0.25, 0.3) is 0 Å². The maximum Gasteiger partial charge on any atom is 0.246 e. The van der Waals surface area contributed by atoms with E-state index in [1.165, 1.54) is 10.9 Å². The number of rotatable bonds is 5. The molecule has 0 aliphatic carbocycles. The number of fused-ring (bicyclic) bond motifs is 1. The highest BCUT2D eigenvalue weighted by molar-refractivity contribution is 5.98. The van der Waals surface area contributed by atoms with Crippen LogP contribution in [0.25, 0.3) is 10.8 Å². The highest BCUT2D eigenvalue weighted by atomic mass is 16.2. The van der Waals surface area contributed by atoms with E-state index in [1.54, 1.807) is 0 Å². The summed E-state index contributed by atoms with van der Waals surface area (Å²) in [6.45, 7) is 3.99. The molecule has 0 bridgehead atoms. The number of carbonyl (C=O) groups excluding carboxylic acids is 1. The number of hydrogen-bond acceptors (Lipinski definition) is 2. The van der Waals surface area contributed by atoms with E-state index in [1.807, 2.05) is 61.5 Å². The molecule has 0 spiro atoms. The van der Waals surface area contributed by atoms with E-state index in [4.69, 9.17) is 0 Å². The van der Waals surface area contributed by atoms with Gasteiger partial charge in [0.2, 0.25) is 5.91 Å². The quantitative estimate of drug-likeness (QED) is 0.706. The Hall–Kier alpha value is -2.81. The lowest BCUT2D eigenvalue weighted by Gasteiger charge is -2.17. The molecule has 24 heavy (non-hydrogen) atoms. The van der Waals surface area contributed by atoms with Gasteiger partial charge < -0.3 is 10.6 Å². The Bertz CT molecular complexity index is 857.